The molecule has 4 rings (SSSR count). The van der Waals surface area contributed by atoms with E-state index in [4.69, 9.17) is 11.6 Å². The van der Waals surface area contributed by atoms with Crippen molar-refractivity contribution in [3.8, 4) is 17.3 Å². The number of hydrogen-bond acceptors (Lipinski definition) is 7. The normalized spacial score (nSPS) is 11.7. The Morgan fingerprint density at radius 1 is 1.30 bits per heavy atom. The molecule has 0 spiro atoms. The molecule has 9 nitrogen and oxygen atoms in total. The Labute approximate surface area is 192 Å². The number of benzene rings is 1. The summed E-state index contributed by atoms with van der Waals surface area (Å²) < 4.78 is 16.3. The van der Waals surface area contributed by atoms with E-state index in [0.29, 0.717) is 28.2 Å². The Balaban J connectivity index is 1.65. The van der Waals surface area contributed by atoms with E-state index in [-0.39, 0.29) is 17.6 Å². The molecule has 0 aliphatic carbocycles. The Kier molecular flexibility index (Phi) is 6.17. The highest BCUT2D eigenvalue weighted by Gasteiger charge is 2.17. The van der Waals surface area contributed by atoms with Crippen molar-refractivity contribution in [2.45, 2.75) is 6.04 Å². The number of pyridine rings is 1. The molecule has 0 aliphatic rings. The van der Waals surface area contributed by atoms with Gasteiger partial charge in [-0.15, -0.1) is 0 Å². The summed E-state index contributed by atoms with van der Waals surface area (Å²) in [6.45, 7) is -0.380. The van der Waals surface area contributed by atoms with Gasteiger partial charge in [-0.25, -0.2) is 14.4 Å². The summed E-state index contributed by atoms with van der Waals surface area (Å²) in [5, 5.41) is 26.0. The molecular formula is C22H17ClFN7O2. The first-order valence-electron chi connectivity index (χ1n) is 9.71. The van der Waals surface area contributed by atoms with E-state index in [1.807, 2.05) is 6.07 Å². The maximum Gasteiger partial charge on any atom is 0.251 e. The first kappa shape index (κ1) is 22.1. The maximum atomic E-state index is 13.5. The Morgan fingerprint density at radius 3 is 2.82 bits per heavy atom. The number of aliphatic hydroxyl groups is 1. The minimum absolute atomic E-state index is 0.0930. The summed E-state index contributed by atoms with van der Waals surface area (Å²) in [4.78, 5) is 21.4. The summed E-state index contributed by atoms with van der Waals surface area (Å²) in [7, 11) is 1.68. The number of aryl methyl sites for hydroxylation is 1. The Hall–Kier alpha value is -4.07. The van der Waals surface area contributed by atoms with Crippen LogP contribution in [-0.2, 0) is 7.05 Å². The van der Waals surface area contributed by atoms with Gasteiger partial charge < -0.3 is 15.0 Å². The maximum absolute atomic E-state index is 13.5. The average molecular weight is 466 g/mol. The van der Waals surface area contributed by atoms with Crippen LogP contribution in [-0.4, -0.2) is 36.0 Å². The van der Waals surface area contributed by atoms with Crippen LogP contribution >= 0.6 is 11.6 Å². The van der Waals surface area contributed by atoms with Crippen LogP contribution in [0.3, 0.4) is 0 Å². The third kappa shape index (κ3) is 4.45. The standard InChI is InChI=1S/C22H17ClFN7O2/c1-30-21(15(10-25)11-27-30)29-22-26-6-4-18(28-22)13-5-7-31(20(33)9-13)19(12-32)14-2-3-17(24)16(23)8-14/h2-9,11,19,32H,12H2,1H3,(H,26,28,29). The van der Waals surface area contributed by atoms with E-state index >= 15 is 0 Å². The van der Waals surface area contributed by atoms with Crippen molar-refractivity contribution in [2.24, 2.45) is 7.05 Å². The van der Waals surface area contributed by atoms with Gasteiger partial charge in [0.2, 0.25) is 5.95 Å². The molecule has 0 fully saturated rings. The van der Waals surface area contributed by atoms with E-state index in [1.165, 1.54) is 52.1 Å². The predicted octanol–water partition coefficient (Wildman–Crippen LogP) is 3.03. The van der Waals surface area contributed by atoms with Gasteiger partial charge in [-0.1, -0.05) is 17.7 Å². The van der Waals surface area contributed by atoms with Crippen LogP contribution in [0.2, 0.25) is 5.02 Å². The number of halogens is 2. The molecule has 1 unspecified atom stereocenters. The fraction of sp³-hybridized carbons (Fsp3) is 0.136. The summed E-state index contributed by atoms with van der Waals surface area (Å²) in [6, 6.07) is 10.0. The minimum atomic E-state index is -0.735. The van der Waals surface area contributed by atoms with Gasteiger partial charge in [0.25, 0.3) is 5.56 Å². The molecule has 2 N–H and O–H groups in total. The number of rotatable bonds is 6. The molecule has 0 aliphatic heterocycles. The average Bonchev–Trinajstić information content (AvgIpc) is 3.17. The van der Waals surface area contributed by atoms with Gasteiger partial charge in [-0.3, -0.25) is 9.48 Å². The van der Waals surface area contributed by atoms with Gasteiger partial charge in [0, 0.05) is 31.1 Å². The van der Waals surface area contributed by atoms with Gasteiger partial charge >= 0.3 is 0 Å². The minimum Gasteiger partial charge on any atom is -0.394 e. The molecule has 0 radical (unpaired) electrons. The molecule has 1 aromatic carbocycles. The summed E-state index contributed by atoms with van der Waals surface area (Å²) in [5.41, 5.74) is 1.45. The number of nitriles is 1. The first-order valence-corrected chi connectivity index (χ1v) is 10.1. The number of nitrogens with zero attached hydrogens (tertiary/aromatic N) is 6. The molecular weight excluding hydrogens is 449 g/mol. The topological polar surface area (TPSA) is 122 Å². The molecule has 0 saturated heterocycles. The molecule has 4 aromatic rings. The monoisotopic (exact) mass is 465 g/mol. The second kappa shape index (κ2) is 9.20. The van der Waals surface area contributed by atoms with E-state index in [1.54, 1.807) is 19.2 Å². The SMILES string of the molecule is Cn1ncc(C#N)c1Nc1nccc(-c2ccn(C(CO)c3ccc(F)c(Cl)c3)c(=O)c2)n1. The largest absolute Gasteiger partial charge is 0.394 e. The number of aliphatic hydroxyl groups excluding tert-OH is 1. The zero-order valence-electron chi connectivity index (χ0n) is 17.3. The van der Waals surface area contributed by atoms with Gasteiger partial charge in [0.05, 0.1) is 29.6 Å². The lowest BCUT2D eigenvalue weighted by Crippen LogP contribution is -2.26. The van der Waals surface area contributed by atoms with Crippen LogP contribution in [0, 0.1) is 17.1 Å². The summed E-state index contributed by atoms with van der Waals surface area (Å²) in [6.07, 6.45) is 4.48. The van der Waals surface area contributed by atoms with Gasteiger partial charge in [0.15, 0.2) is 0 Å². The summed E-state index contributed by atoms with van der Waals surface area (Å²) in [5.74, 6) is 0.0840. The third-order valence-corrected chi connectivity index (χ3v) is 5.32. The Morgan fingerprint density at radius 2 is 2.12 bits per heavy atom. The molecule has 1 atom stereocenters. The zero-order valence-corrected chi connectivity index (χ0v) is 18.0. The number of aromatic nitrogens is 5. The van der Waals surface area contributed by atoms with Gasteiger partial charge in [0.1, 0.15) is 23.3 Å². The van der Waals surface area contributed by atoms with Crippen molar-refractivity contribution in [2.75, 3.05) is 11.9 Å². The van der Waals surface area contributed by atoms with E-state index in [0.717, 1.165) is 0 Å². The van der Waals surface area contributed by atoms with Crippen LogP contribution in [0.25, 0.3) is 11.3 Å². The quantitative estimate of drug-likeness (QED) is 0.448. The fourth-order valence-corrected chi connectivity index (χ4v) is 3.52. The second-order valence-corrected chi connectivity index (χ2v) is 7.47. The zero-order chi connectivity index (χ0) is 23.5. The first-order chi connectivity index (χ1) is 15.9. The summed E-state index contributed by atoms with van der Waals surface area (Å²) >= 11 is 5.85. The smallest absolute Gasteiger partial charge is 0.251 e. The lowest BCUT2D eigenvalue weighted by molar-refractivity contribution is 0.247. The lowest BCUT2D eigenvalue weighted by Gasteiger charge is -2.18. The highest BCUT2D eigenvalue weighted by Crippen LogP contribution is 2.24. The second-order valence-electron chi connectivity index (χ2n) is 7.07. The van der Waals surface area contributed by atoms with Crippen LogP contribution in [0.15, 0.2) is 59.8 Å². The van der Waals surface area contributed by atoms with E-state index in [9.17, 15) is 19.6 Å². The predicted molar refractivity (Wildman–Crippen MR) is 120 cm³/mol. The lowest BCUT2D eigenvalue weighted by atomic mass is 10.1. The van der Waals surface area contributed by atoms with Crippen molar-refractivity contribution in [3.63, 3.8) is 0 Å². The van der Waals surface area contributed by atoms with Gasteiger partial charge in [-0.05, 0) is 29.8 Å². The molecule has 0 saturated carbocycles. The highest BCUT2D eigenvalue weighted by molar-refractivity contribution is 6.30. The van der Waals surface area contributed by atoms with Crippen LogP contribution in [0.1, 0.15) is 17.2 Å². The number of anilines is 2. The van der Waals surface area contributed by atoms with E-state index < -0.39 is 17.4 Å². The number of hydrogen-bond donors (Lipinski definition) is 2. The highest BCUT2D eigenvalue weighted by atomic mass is 35.5. The third-order valence-electron chi connectivity index (χ3n) is 5.03. The fourth-order valence-electron chi connectivity index (χ4n) is 3.33. The van der Waals surface area contributed by atoms with Crippen molar-refractivity contribution >= 4 is 23.4 Å². The van der Waals surface area contributed by atoms with Crippen LogP contribution < -0.4 is 10.9 Å². The molecule has 166 valence electrons. The van der Waals surface area contributed by atoms with Crippen molar-refractivity contribution < 1.29 is 9.50 Å². The Bertz CT molecular complexity index is 1430. The molecule has 33 heavy (non-hydrogen) atoms. The molecule has 3 heterocycles. The van der Waals surface area contributed by atoms with E-state index in [2.05, 4.69) is 20.4 Å². The molecule has 11 heteroatoms. The molecule has 0 bridgehead atoms. The van der Waals surface area contributed by atoms with Crippen molar-refractivity contribution in [1.29, 1.82) is 5.26 Å². The molecule has 3 aromatic heterocycles. The van der Waals surface area contributed by atoms with Gasteiger partial charge in [-0.2, -0.15) is 10.4 Å². The van der Waals surface area contributed by atoms with Crippen LogP contribution in [0.4, 0.5) is 16.2 Å². The van der Waals surface area contributed by atoms with Crippen molar-refractivity contribution in [1.82, 2.24) is 24.3 Å². The van der Waals surface area contributed by atoms with Crippen LogP contribution in [0.5, 0.6) is 0 Å². The molecule has 0 amide bonds. The number of nitrogens with one attached hydrogen (secondary N) is 1. The van der Waals surface area contributed by atoms with Crippen molar-refractivity contribution in [3.05, 3.63) is 87.3 Å².